The molecule has 17 heavy (non-hydrogen) atoms. The Hall–Kier alpha value is -0.860. The Morgan fingerprint density at radius 3 is 2.18 bits per heavy atom. The lowest BCUT2D eigenvalue weighted by Crippen LogP contribution is -2.35. The highest BCUT2D eigenvalue weighted by Crippen LogP contribution is 2.08. The van der Waals surface area contributed by atoms with E-state index in [9.17, 15) is 0 Å². The van der Waals surface area contributed by atoms with Crippen LogP contribution >= 0.6 is 0 Å². The van der Waals surface area contributed by atoms with Crippen molar-refractivity contribution in [3.8, 4) is 0 Å². The Labute approximate surface area is 106 Å². The van der Waals surface area contributed by atoms with Crippen LogP contribution in [0.15, 0.2) is 24.3 Å². The minimum absolute atomic E-state index is 0.173. The first-order valence-electron chi connectivity index (χ1n) is 6.43. The third-order valence-electron chi connectivity index (χ3n) is 2.53. The van der Waals surface area contributed by atoms with Crippen LogP contribution in [-0.2, 0) is 13.1 Å². The molecule has 0 radical (unpaired) electrons. The van der Waals surface area contributed by atoms with Crippen molar-refractivity contribution in [2.75, 3.05) is 0 Å². The molecule has 0 aliphatic heterocycles. The van der Waals surface area contributed by atoms with Gasteiger partial charge in [0, 0.05) is 24.7 Å². The first-order chi connectivity index (χ1) is 7.87. The normalized spacial score (nSPS) is 12.1. The summed E-state index contributed by atoms with van der Waals surface area (Å²) in [6, 6.07) is 9.30. The van der Waals surface area contributed by atoms with Gasteiger partial charge in [0.1, 0.15) is 0 Å². The summed E-state index contributed by atoms with van der Waals surface area (Å²) >= 11 is 0. The van der Waals surface area contributed by atoms with Crippen LogP contribution in [0.25, 0.3) is 0 Å². The number of benzene rings is 1. The van der Waals surface area contributed by atoms with E-state index in [0.29, 0.717) is 6.04 Å². The highest BCUT2D eigenvalue weighted by atomic mass is 14.9. The summed E-state index contributed by atoms with van der Waals surface area (Å²) in [5.41, 5.74) is 2.88. The predicted molar refractivity (Wildman–Crippen MR) is 75.0 cm³/mol. The van der Waals surface area contributed by atoms with E-state index in [4.69, 9.17) is 0 Å². The highest BCUT2D eigenvalue weighted by molar-refractivity contribution is 5.23. The van der Waals surface area contributed by atoms with Gasteiger partial charge in [-0.25, -0.2) is 0 Å². The molecule has 2 N–H and O–H groups in total. The minimum Gasteiger partial charge on any atom is -0.310 e. The van der Waals surface area contributed by atoms with Crippen LogP contribution in [0.1, 0.15) is 45.7 Å². The molecule has 1 aromatic carbocycles. The van der Waals surface area contributed by atoms with Crippen molar-refractivity contribution in [1.29, 1.82) is 0 Å². The first-order valence-corrected chi connectivity index (χ1v) is 6.43. The van der Waals surface area contributed by atoms with E-state index < -0.39 is 0 Å². The lowest BCUT2D eigenvalue weighted by atomic mass is 10.1. The zero-order valence-corrected chi connectivity index (χ0v) is 11.8. The van der Waals surface area contributed by atoms with Crippen molar-refractivity contribution in [3.05, 3.63) is 35.4 Å². The van der Waals surface area contributed by atoms with Gasteiger partial charge >= 0.3 is 0 Å². The topological polar surface area (TPSA) is 24.1 Å². The van der Waals surface area contributed by atoms with E-state index in [1.54, 1.807) is 0 Å². The van der Waals surface area contributed by atoms with Gasteiger partial charge in [-0.3, -0.25) is 0 Å². The molecule has 1 aromatic rings. The van der Waals surface area contributed by atoms with Crippen molar-refractivity contribution in [2.24, 2.45) is 0 Å². The molecule has 0 saturated carbocycles. The molecule has 0 aliphatic rings. The lowest BCUT2D eigenvalue weighted by Gasteiger charge is -2.20. The second-order valence-corrected chi connectivity index (χ2v) is 5.96. The second-order valence-electron chi connectivity index (χ2n) is 5.96. The van der Waals surface area contributed by atoms with Crippen LogP contribution in [0.5, 0.6) is 0 Å². The SMILES string of the molecule is CC(C)NCc1cccc(CNC(C)(C)C)c1. The maximum absolute atomic E-state index is 3.51. The Balaban J connectivity index is 2.54. The molecule has 1 rings (SSSR count). The maximum atomic E-state index is 3.51. The Kier molecular flexibility index (Phi) is 5.16. The fourth-order valence-electron chi connectivity index (χ4n) is 1.54. The number of hydrogen-bond donors (Lipinski definition) is 2. The average Bonchev–Trinajstić information content (AvgIpc) is 2.23. The number of nitrogens with one attached hydrogen (secondary N) is 2. The highest BCUT2D eigenvalue weighted by Gasteiger charge is 2.08. The third-order valence-corrected chi connectivity index (χ3v) is 2.53. The quantitative estimate of drug-likeness (QED) is 0.818. The van der Waals surface area contributed by atoms with Gasteiger partial charge in [0.2, 0.25) is 0 Å². The van der Waals surface area contributed by atoms with E-state index in [2.05, 4.69) is 69.5 Å². The van der Waals surface area contributed by atoms with Gasteiger partial charge < -0.3 is 10.6 Å². The predicted octanol–water partition coefficient (Wildman–Crippen LogP) is 3.07. The third kappa shape index (κ3) is 6.44. The summed E-state index contributed by atoms with van der Waals surface area (Å²) in [6.45, 7) is 12.8. The van der Waals surface area contributed by atoms with Crippen LogP contribution in [0.4, 0.5) is 0 Å². The maximum Gasteiger partial charge on any atom is 0.0210 e. The fourth-order valence-corrected chi connectivity index (χ4v) is 1.54. The molecule has 0 aromatic heterocycles. The van der Waals surface area contributed by atoms with Crippen LogP contribution in [0, 0.1) is 0 Å². The molecule has 0 spiro atoms. The summed E-state index contributed by atoms with van der Waals surface area (Å²) in [7, 11) is 0. The largest absolute Gasteiger partial charge is 0.310 e. The second kappa shape index (κ2) is 6.18. The molecule has 2 heteroatoms. The zero-order valence-electron chi connectivity index (χ0n) is 11.8. The number of rotatable bonds is 5. The van der Waals surface area contributed by atoms with Gasteiger partial charge in [0.15, 0.2) is 0 Å². The van der Waals surface area contributed by atoms with Crippen molar-refractivity contribution >= 4 is 0 Å². The van der Waals surface area contributed by atoms with Gasteiger partial charge in [-0.05, 0) is 31.9 Å². The summed E-state index contributed by atoms with van der Waals surface area (Å²) in [6.07, 6.45) is 0. The van der Waals surface area contributed by atoms with Gasteiger partial charge in [-0.15, -0.1) is 0 Å². The molecule has 0 aliphatic carbocycles. The number of hydrogen-bond acceptors (Lipinski definition) is 2. The Morgan fingerprint density at radius 2 is 1.65 bits per heavy atom. The molecule has 96 valence electrons. The minimum atomic E-state index is 0.173. The fraction of sp³-hybridized carbons (Fsp3) is 0.600. The van der Waals surface area contributed by atoms with Crippen molar-refractivity contribution in [1.82, 2.24) is 10.6 Å². The van der Waals surface area contributed by atoms with Gasteiger partial charge in [0.05, 0.1) is 0 Å². The van der Waals surface area contributed by atoms with Gasteiger partial charge in [-0.1, -0.05) is 38.1 Å². The van der Waals surface area contributed by atoms with E-state index in [1.165, 1.54) is 11.1 Å². The molecule has 0 saturated heterocycles. The van der Waals surface area contributed by atoms with E-state index in [1.807, 2.05) is 0 Å². The molecule has 0 unspecified atom stereocenters. The molecule has 0 bridgehead atoms. The average molecular weight is 234 g/mol. The molecule has 0 amide bonds. The van der Waals surface area contributed by atoms with Crippen molar-refractivity contribution in [2.45, 2.75) is 59.3 Å². The summed E-state index contributed by atoms with van der Waals surface area (Å²) in [5.74, 6) is 0. The molecular formula is C15H26N2. The van der Waals surface area contributed by atoms with Crippen LogP contribution in [0.2, 0.25) is 0 Å². The summed E-state index contributed by atoms with van der Waals surface area (Å²) in [4.78, 5) is 0. The molecule has 0 fully saturated rings. The molecule has 2 nitrogen and oxygen atoms in total. The monoisotopic (exact) mass is 234 g/mol. The Bertz CT molecular complexity index is 337. The van der Waals surface area contributed by atoms with Gasteiger partial charge in [-0.2, -0.15) is 0 Å². The van der Waals surface area contributed by atoms with Crippen molar-refractivity contribution in [3.63, 3.8) is 0 Å². The van der Waals surface area contributed by atoms with Crippen molar-refractivity contribution < 1.29 is 0 Å². The summed E-state index contributed by atoms with van der Waals surface area (Å²) < 4.78 is 0. The first kappa shape index (κ1) is 14.2. The smallest absolute Gasteiger partial charge is 0.0210 e. The molecular weight excluding hydrogens is 208 g/mol. The molecule has 0 heterocycles. The zero-order chi connectivity index (χ0) is 12.9. The standard InChI is InChI=1S/C15H26N2/c1-12(2)16-10-13-7-6-8-14(9-13)11-17-15(3,4)5/h6-9,12,16-17H,10-11H2,1-5H3. The van der Waals surface area contributed by atoms with E-state index >= 15 is 0 Å². The molecule has 0 atom stereocenters. The van der Waals surface area contributed by atoms with Crippen LogP contribution in [0.3, 0.4) is 0 Å². The van der Waals surface area contributed by atoms with Crippen LogP contribution < -0.4 is 10.6 Å². The Morgan fingerprint density at radius 1 is 1.06 bits per heavy atom. The summed E-state index contributed by atoms with van der Waals surface area (Å²) in [5, 5.41) is 6.95. The van der Waals surface area contributed by atoms with Gasteiger partial charge in [0.25, 0.3) is 0 Å². The van der Waals surface area contributed by atoms with Crippen LogP contribution in [-0.4, -0.2) is 11.6 Å². The van der Waals surface area contributed by atoms with E-state index in [0.717, 1.165) is 13.1 Å². The van der Waals surface area contributed by atoms with E-state index in [-0.39, 0.29) is 5.54 Å². The lowest BCUT2D eigenvalue weighted by molar-refractivity contribution is 0.424.